The molecule has 1 N–H and O–H groups in total. The number of aryl methyl sites for hydroxylation is 1. The smallest absolute Gasteiger partial charge is 0.203 e. The zero-order chi connectivity index (χ0) is 12.2. The maximum absolute atomic E-state index is 11.0. The Morgan fingerprint density at radius 2 is 2.31 bits per heavy atom. The standard InChI is InChI=1S/C10H17N3O2S/c1-4-6-13-8-9(2)12-10(13)11-5-7-16(3,14)15/h4,8H,1,5-7H2,2-3H3,(H,11,12). The number of imidazole rings is 1. The van der Waals surface area contributed by atoms with Gasteiger partial charge >= 0.3 is 0 Å². The number of anilines is 1. The minimum Gasteiger partial charge on any atom is -0.355 e. The van der Waals surface area contributed by atoms with E-state index in [0.717, 1.165) is 5.69 Å². The molecule has 16 heavy (non-hydrogen) atoms. The number of aromatic nitrogens is 2. The molecular weight excluding hydrogens is 226 g/mol. The summed E-state index contributed by atoms with van der Waals surface area (Å²) in [6.45, 7) is 6.57. The van der Waals surface area contributed by atoms with Gasteiger partial charge in [-0.2, -0.15) is 0 Å². The summed E-state index contributed by atoms with van der Waals surface area (Å²) in [6.07, 6.45) is 4.88. The van der Waals surface area contributed by atoms with Gasteiger partial charge in [0.25, 0.3) is 0 Å². The average molecular weight is 243 g/mol. The molecule has 0 atom stereocenters. The Labute approximate surface area is 96.1 Å². The molecule has 1 rings (SSSR count). The quantitative estimate of drug-likeness (QED) is 0.752. The molecule has 0 spiro atoms. The van der Waals surface area contributed by atoms with Gasteiger partial charge in [-0.15, -0.1) is 6.58 Å². The van der Waals surface area contributed by atoms with E-state index in [-0.39, 0.29) is 5.75 Å². The van der Waals surface area contributed by atoms with Crippen molar-refractivity contribution in [1.82, 2.24) is 9.55 Å². The number of hydrogen-bond donors (Lipinski definition) is 1. The van der Waals surface area contributed by atoms with Crippen molar-refractivity contribution in [3.05, 3.63) is 24.5 Å². The highest BCUT2D eigenvalue weighted by atomic mass is 32.2. The summed E-state index contributed by atoms with van der Waals surface area (Å²) in [5, 5.41) is 3.00. The Morgan fingerprint density at radius 3 is 2.88 bits per heavy atom. The summed E-state index contributed by atoms with van der Waals surface area (Å²) in [5.74, 6) is 0.786. The summed E-state index contributed by atoms with van der Waals surface area (Å²) in [4.78, 5) is 4.26. The van der Waals surface area contributed by atoms with E-state index in [0.29, 0.717) is 19.0 Å². The number of hydrogen-bond acceptors (Lipinski definition) is 4. The fourth-order valence-electron chi connectivity index (χ4n) is 1.31. The van der Waals surface area contributed by atoms with Crippen LogP contribution >= 0.6 is 0 Å². The molecule has 0 radical (unpaired) electrons. The van der Waals surface area contributed by atoms with Gasteiger partial charge in [0.15, 0.2) is 0 Å². The number of nitrogens with one attached hydrogen (secondary N) is 1. The first-order chi connectivity index (χ1) is 7.42. The van der Waals surface area contributed by atoms with Crippen molar-refractivity contribution >= 4 is 15.8 Å². The van der Waals surface area contributed by atoms with Crippen LogP contribution in [0.25, 0.3) is 0 Å². The lowest BCUT2D eigenvalue weighted by Gasteiger charge is -2.06. The highest BCUT2D eigenvalue weighted by Gasteiger charge is 2.06. The fourth-order valence-corrected chi connectivity index (χ4v) is 1.79. The van der Waals surface area contributed by atoms with Crippen LogP contribution in [-0.4, -0.2) is 36.5 Å². The first kappa shape index (κ1) is 12.8. The van der Waals surface area contributed by atoms with Crippen LogP contribution in [0.2, 0.25) is 0 Å². The average Bonchev–Trinajstić information content (AvgIpc) is 2.45. The molecule has 0 amide bonds. The van der Waals surface area contributed by atoms with E-state index in [1.807, 2.05) is 17.7 Å². The summed E-state index contributed by atoms with van der Waals surface area (Å²) >= 11 is 0. The molecule has 1 aromatic heterocycles. The van der Waals surface area contributed by atoms with E-state index in [9.17, 15) is 8.42 Å². The Morgan fingerprint density at radius 1 is 1.62 bits per heavy atom. The second kappa shape index (κ2) is 5.16. The monoisotopic (exact) mass is 243 g/mol. The van der Waals surface area contributed by atoms with Gasteiger partial charge in [0, 0.05) is 25.5 Å². The zero-order valence-corrected chi connectivity index (χ0v) is 10.4. The van der Waals surface area contributed by atoms with Gasteiger partial charge < -0.3 is 9.88 Å². The third kappa shape index (κ3) is 4.06. The first-order valence-corrected chi connectivity index (χ1v) is 7.04. The first-order valence-electron chi connectivity index (χ1n) is 4.98. The third-order valence-corrected chi connectivity index (χ3v) is 2.92. The van der Waals surface area contributed by atoms with Crippen LogP contribution in [0.15, 0.2) is 18.9 Å². The van der Waals surface area contributed by atoms with Gasteiger partial charge in [0.05, 0.1) is 11.4 Å². The molecule has 1 heterocycles. The second-order valence-corrected chi connectivity index (χ2v) is 5.96. The normalized spacial score (nSPS) is 11.4. The lowest BCUT2D eigenvalue weighted by atomic mass is 10.5. The molecule has 0 saturated carbocycles. The Balaban J connectivity index is 2.62. The van der Waals surface area contributed by atoms with Gasteiger partial charge in [-0.25, -0.2) is 13.4 Å². The van der Waals surface area contributed by atoms with Gasteiger partial charge in [-0.05, 0) is 6.92 Å². The Kier molecular flexibility index (Phi) is 4.12. The molecule has 6 heteroatoms. The predicted molar refractivity (Wildman–Crippen MR) is 65.4 cm³/mol. The number of allylic oxidation sites excluding steroid dienone is 1. The minimum atomic E-state index is -2.93. The lowest BCUT2D eigenvalue weighted by Crippen LogP contribution is -2.16. The number of rotatable bonds is 6. The lowest BCUT2D eigenvalue weighted by molar-refractivity contribution is 0.602. The van der Waals surface area contributed by atoms with Gasteiger partial charge in [0.2, 0.25) is 5.95 Å². The molecule has 5 nitrogen and oxygen atoms in total. The van der Waals surface area contributed by atoms with Crippen LogP contribution < -0.4 is 5.32 Å². The molecule has 0 aliphatic carbocycles. The fraction of sp³-hybridized carbons (Fsp3) is 0.500. The second-order valence-electron chi connectivity index (χ2n) is 3.70. The molecule has 0 unspecified atom stereocenters. The van der Waals surface area contributed by atoms with Crippen molar-refractivity contribution in [3.63, 3.8) is 0 Å². The number of nitrogens with zero attached hydrogens (tertiary/aromatic N) is 2. The van der Waals surface area contributed by atoms with E-state index in [1.54, 1.807) is 6.08 Å². The highest BCUT2D eigenvalue weighted by Crippen LogP contribution is 2.07. The molecule has 0 aliphatic heterocycles. The molecule has 0 fully saturated rings. The SMILES string of the molecule is C=CCn1cc(C)nc1NCCS(C)(=O)=O. The van der Waals surface area contributed by atoms with Crippen molar-refractivity contribution < 1.29 is 8.42 Å². The minimum absolute atomic E-state index is 0.104. The van der Waals surface area contributed by atoms with Gasteiger partial charge in [-0.1, -0.05) is 6.08 Å². The third-order valence-electron chi connectivity index (χ3n) is 1.98. The van der Waals surface area contributed by atoms with Crippen LogP contribution in [0, 0.1) is 6.92 Å². The highest BCUT2D eigenvalue weighted by molar-refractivity contribution is 7.90. The molecule has 1 aromatic rings. The van der Waals surface area contributed by atoms with Crippen LogP contribution in [0.5, 0.6) is 0 Å². The number of sulfone groups is 1. The van der Waals surface area contributed by atoms with Crippen molar-refractivity contribution in [2.24, 2.45) is 0 Å². The summed E-state index contributed by atoms with van der Waals surface area (Å²) < 4.78 is 23.8. The topological polar surface area (TPSA) is 64.0 Å². The van der Waals surface area contributed by atoms with E-state index >= 15 is 0 Å². The van der Waals surface area contributed by atoms with Gasteiger partial charge in [-0.3, -0.25) is 0 Å². The van der Waals surface area contributed by atoms with E-state index in [2.05, 4.69) is 16.9 Å². The zero-order valence-electron chi connectivity index (χ0n) is 9.60. The van der Waals surface area contributed by atoms with Crippen molar-refractivity contribution in [1.29, 1.82) is 0 Å². The van der Waals surface area contributed by atoms with Crippen molar-refractivity contribution in [2.75, 3.05) is 23.9 Å². The van der Waals surface area contributed by atoms with Crippen molar-refractivity contribution in [3.8, 4) is 0 Å². The van der Waals surface area contributed by atoms with Crippen LogP contribution in [0.4, 0.5) is 5.95 Å². The van der Waals surface area contributed by atoms with Crippen LogP contribution in [0.1, 0.15) is 5.69 Å². The largest absolute Gasteiger partial charge is 0.355 e. The predicted octanol–water partition coefficient (Wildman–Crippen LogP) is 0.834. The Hall–Kier alpha value is -1.30. The van der Waals surface area contributed by atoms with E-state index in [1.165, 1.54) is 6.26 Å². The molecule has 90 valence electrons. The van der Waals surface area contributed by atoms with Gasteiger partial charge in [0.1, 0.15) is 9.84 Å². The van der Waals surface area contributed by atoms with Crippen molar-refractivity contribution in [2.45, 2.75) is 13.5 Å². The Bertz CT molecular complexity index is 462. The molecule has 0 bridgehead atoms. The summed E-state index contributed by atoms with van der Waals surface area (Å²) in [6, 6.07) is 0. The molecular formula is C10H17N3O2S. The van der Waals surface area contributed by atoms with Crippen LogP contribution in [-0.2, 0) is 16.4 Å². The van der Waals surface area contributed by atoms with E-state index < -0.39 is 9.84 Å². The molecule has 0 aliphatic rings. The van der Waals surface area contributed by atoms with E-state index in [4.69, 9.17) is 0 Å². The van der Waals surface area contributed by atoms with Crippen LogP contribution in [0.3, 0.4) is 0 Å². The molecule has 0 saturated heterocycles. The maximum atomic E-state index is 11.0. The molecule has 0 aromatic carbocycles. The maximum Gasteiger partial charge on any atom is 0.203 e. The summed E-state index contributed by atoms with van der Waals surface area (Å²) in [5.41, 5.74) is 0.892. The summed E-state index contributed by atoms with van der Waals surface area (Å²) in [7, 11) is -2.93.